The molecule has 0 amide bonds. The van der Waals surface area contributed by atoms with Gasteiger partial charge in [0.25, 0.3) is 0 Å². The second kappa shape index (κ2) is 9.80. The molecule has 4 N–H and O–H groups in total. The van der Waals surface area contributed by atoms with Crippen LogP contribution in [-0.4, -0.2) is 47.5 Å². The second-order valence-electron chi connectivity index (χ2n) is 3.12. The van der Waals surface area contributed by atoms with Gasteiger partial charge in [0.05, 0.1) is 6.61 Å². The molecule has 1 rings (SSSR count). The highest BCUT2D eigenvalue weighted by Crippen LogP contribution is 2.12. The van der Waals surface area contributed by atoms with Crippen LogP contribution >= 0.6 is 0 Å². The van der Waals surface area contributed by atoms with Crippen molar-refractivity contribution in [2.45, 2.75) is 6.54 Å². The predicted octanol–water partition coefficient (Wildman–Crippen LogP) is -0.279. The normalized spacial score (nSPS) is 9.16. The zero-order valence-electron chi connectivity index (χ0n) is 10.4. The topological polar surface area (TPSA) is 132 Å². The smallest absolute Gasteiger partial charge is 0.414 e. The highest BCUT2D eigenvalue weighted by molar-refractivity contribution is 6.27. The Kier molecular flexibility index (Phi) is 8.67. The van der Waals surface area contributed by atoms with Crippen LogP contribution in [0.3, 0.4) is 0 Å². The van der Waals surface area contributed by atoms with Crippen molar-refractivity contribution >= 4 is 11.9 Å². The molecule has 0 aliphatic rings. The Bertz CT molecular complexity index is 398. The lowest BCUT2D eigenvalue weighted by atomic mass is 10.3. The minimum absolute atomic E-state index is 0.441. The van der Waals surface area contributed by atoms with E-state index in [9.17, 15) is 0 Å². The van der Waals surface area contributed by atoms with Gasteiger partial charge in [-0.05, 0) is 6.07 Å². The Balaban J connectivity index is 0.000000459. The number of hydrogen-bond donors (Lipinski definition) is 3. The zero-order chi connectivity index (χ0) is 14.7. The number of hydrogen-bond acceptors (Lipinski definition) is 6. The molecule has 1 aromatic heterocycles. The van der Waals surface area contributed by atoms with Crippen molar-refractivity contribution in [3.63, 3.8) is 0 Å². The van der Waals surface area contributed by atoms with Crippen LogP contribution in [0, 0.1) is 0 Å². The molecule has 0 saturated heterocycles. The van der Waals surface area contributed by atoms with E-state index in [-0.39, 0.29) is 0 Å². The van der Waals surface area contributed by atoms with Crippen LogP contribution in [0.1, 0.15) is 5.56 Å². The van der Waals surface area contributed by atoms with E-state index in [1.165, 1.54) is 0 Å². The number of carbonyl (C=O) groups is 2. The van der Waals surface area contributed by atoms with Gasteiger partial charge >= 0.3 is 11.9 Å². The quantitative estimate of drug-likeness (QED) is 0.492. The molecular weight excluding hydrogens is 256 g/mol. The summed E-state index contributed by atoms with van der Waals surface area (Å²) in [7, 11) is 1.63. The molecule has 8 nitrogen and oxygen atoms in total. The summed E-state index contributed by atoms with van der Waals surface area (Å²) in [5, 5.41) is 14.8. The number of methoxy groups -OCH3 is 1. The molecule has 0 bridgehead atoms. The first kappa shape index (κ1) is 16.8. The predicted molar refractivity (Wildman–Crippen MR) is 64.8 cm³/mol. The number of carboxylic acids is 2. The minimum Gasteiger partial charge on any atom is -0.475 e. The van der Waals surface area contributed by atoms with Crippen LogP contribution < -0.4 is 10.5 Å². The summed E-state index contributed by atoms with van der Waals surface area (Å²) in [6.07, 6.45) is 1.68. The first-order valence-electron chi connectivity index (χ1n) is 5.24. The van der Waals surface area contributed by atoms with Crippen LogP contribution in [-0.2, 0) is 20.9 Å². The maximum atomic E-state index is 9.10. The van der Waals surface area contributed by atoms with Gasteiger partial charge in [-0.2, -0.15) is 0 Å². The Hall–Kier alpha value is -2.19. The lowest BCUT2D eigenvalue weighted by Gasteiger charge is -2.07. The molecule has 0 radical (unpaired) electrons. The lowest BCUT2D eigenvalue weighted by Crippen LogP contribution is -2.09. The third-order valence-electron chi connectivity index (χ3n) is 1.78. The average Bonchev–Trinajstić information content (AvgIpc) is 2.40. The van der Waals surface area contributed by atoms with Gasteiger partial charge < -0.3 is 25.4 Å². The van der Waals surface area contributed by atoms with Crippen LogP contribution in [0.5, 0.6) is 5.88 Å². The molecule has 8 heteroatoms. The molecule has 1 aromatic rings. The van der Waals surface area contributed by atoms with Gasteiger partial charge in [-0.15, -0.1) is 0 Å². The highest BCUT2D eigenvalue weighted by atomic mass is 16.5. The van der Waals surface area contributed by atoms with Gasteiger partial charge in [0.15, 0.2) is 0 Å². The Morgan fingerprint density at radius 2 is 1.95 bits per heavy atom. The molecule has 0 atom stereocenters. The highest BCUT2D eigenvalue weighted by Gasteiger charge is 2.04. The van der Waals surface area contributed by atoms with E-state index >= 15 is 0 Å². The van der Waals surface area contributed by atoms with Crippen molar-refractivity contribution < 1.29 is 29.3 Å². The van der Waals surface area contributed by atoms with Crippen molar-refractivity contribution in [2.75, 3.05) is 20.3 Å². The molecule has 0 aliphatic heterocycles. The molecule has 0 aliphatic carbocycles. The summed E-state index contributed by atoms with van der Waals surface area (Å²) in [6.45, 7) is 1.50. The molecule has 106 valence electrons. The van der Waals surface area contributed by atoms with Crippen molar-refractivity contribution in [3.8, 4) is 5.88 Å². The van der Waals surface area contributed by atoms with Crippen molar-refractivity contribution in [3.05, 3.63) is 23.9 Å². The molecule has 0 saturated carbocycles. The number of nitrogens with two attached hydrogens (primary N) is 1. The fraction of sp³-hybridized carbons (Fsp3) is 0.364. The van der Waals surface area contributed by atoms with E-state index < -0.39 is 11.9 Å². The Labute approximate surface area is 109 Å². The van der Waals surface area contributed by atoms with Crippen LogP contribution in [0.25, 0.3) is 0 Å². The molecule has 0 fully saturated rings. The Morgan fingerprint density at radius 3 is 2.42 bits per heavy atom. The first-order valence-corrected chi connectivity index (χ1v) is 5.24. The summed E-state index contributed by atoms with van der Waals surface area (Å²) in [5.74, 6) is -3.05. The van der Waals surface area contributed by atoms with Crippen LogP contribution in [0.15, 0.2) is 18.3 Å². The number of pyridine rings is 1. The van der Waals surface area contributed by atoms with E-state index in [1.54, 1.807) is 13.3 Å². The van der Waals surface area contributed by atoms with Crippen molar-refractivity contribution in [1.29, 1.82) is 0 Å². The minimum atomic E-state index is -1.82. The van der Waals surface area contributed by atoms with E-state index in [1.807, 2.05) is 12.1 Å². The van der Waals surface area contributed by atoms with E-state index in [4.69, 9.17) is 35.0 Å². The van der Waals surface area contributed by atoms with Crippen molar-refractivity contribution in [1.82, 2.24) is 4.98 Å². The molecular formula is C11H16N2O6. The fourth-order valence-electron chi connectivity index (χ4n) is 0.931. The SMILES string of the molecule is COCCOc1ncccc1CN.O=C(O)C(=O)O. The maximum absolute atomic E-state index is 9.10. The van der Waals surface area contributed by atoms with E-state index in [0.29, 0.717) is 25.6 Å². The van der Waals surface area contributed by atoms with Crippen LogP contribution in [0.4, 0.5) is 0 Å². The number of rotatable bonds is 5. The van der Waals surface area contributed by atoms with Crippen molar-refractivity contribution in [2.24, 2.45) is 5.73 Å². The summed E-state index contributed by atoms with van der Waals surface area (Å²) < 4.78 is 10.2. The van der Waals surface area contributed by atoms with Gasteiger partial charge in [0.2, 0.25) is 5.88 Å². The lowest BCUT2D eigenvalue weighted by molar-refractivity contribution is -0.159. The van der Waals surface area contributed by atoms with E-state index in [0.717, 1.165) is 5.56 Å². The second-order valence-corrected chi connectivity index (χ2v) is 3.12. The Morgan fingerprint density at radius 1 is 1.32 bits per heavy atom. The number of aliphatic carboxylic acids is 2. The zero-order valence-corrected chi connectivity index (χ0v) is 10.4. The molecule has 1 heterocycles. The summed E-state index contributed by atoms with van der Waals surface area (Å²) in [5.41, 5.74) is 6.42. The van der Waals surface area contributed by atoms with Gasteiger partial charge in [0.1, 0.15) is 6.61 Å². The average molecular weight is 272 g/mol. The van der Waals surface area contributed by atoms with Crippen LogP contribution in [0.2, 0.25) is 0 Å². The largest absolute Gasteiger partial charge is 0.475 e. The molecule has 0 unspecified atom stereocenters. The van der Waals surface area contributed by atoms with Gasteiger partial charge in [0, 0.05) is 25.4 Å². The summed E-state index contributed by atoms with van der Waals surface area (Å²) >= 11 is 0. The monoisotopic (exact) mass is 272 g/mol. The third-order valence-corrected chi connectivity index (χ3v) is 1.78. The first-order chi connectivity index (χ1) is 9.02. The van der Waals surface area contributed by atoms with Gasteiger partial charge in [-0.25, -0.2) is 14.6 Å². The fourth-order valence-corrected chi connectivity index (χ4v) is 0.931. The number of nitrogens with zero attached hydrogens (tertiary/aromatic N) is 1. The number of aromatic nitrogens is 1. The molecule has 19 heavy (non-hydrogen) atoms. The number of carboxylic acid groups (broad SMARTS) is 2. The number of ether oxygens (including phenoxy) is 2. The summed E-state index contributed by atoms with van der Waals surface area (Å²) in [6, 6.07) is 3.74. The van der Waals surface area contributed by atoms with Gasteiger partial charge in [-0.3, -0.25) is 0 Å². The van der Waals surface area contributed by atoms with Gasteiger partial charge in [-0.1, -0.05) is 6.07 Å². The third kappa shape index (κ3) is 7.68. The molecule has 0 spiro atoms. The van der Waals surface area contributed by atoms with E-state index in [2.05, 4.69) is 4.98 Å². The maximum Gasteiger partial charge on any atom is 0.414 e. The molecule has 0 aromatic carbocycles. The summed E-state index contributed by atoms with van der Waals surface area (Å²) in [4.78, 5) is 22.3. The standard InChI is InChI=1S/C9H14N2O2.C2H2O4/c1-12-5-6-13-9-8(7-10)3-2-4-11-9;3-1(4)2(5)6/h2-4H,5-7,10H2,1H3;(H,3,4)(H,5,6).